The Kier molecular flexibility index (Phi) is 4.46. The molecule has 6 nitrogen and oxygen atoms in total. The fraction of sp³-hybridized carbons (Fsp3) is 0.190. The number of amides is 1. The molecule has 4 N–H and O–H groups in total. The number of carbonyl (C=O) groups excluding carboxylic acids is 1. The number of nitriles is 1. The fourth-order valence-corrected chi connectivity index (χ4v) is 5.30. The molecule has 0 radical (unpaired) electrons. The largest absolute Gasteiger partial charge is 0.366 e. The second-order valence-electron chi connectivity index (χ2n) is 6.77. The predicted molar refractivity (Wildman–Crippen MR) is 107 cm³/mol. The van der Waals surface area contributed by atoms with Crippen LogP contribution >= 0.6 is 11.8 Å². The number of amidine groups is 1. The summed E-state index contributed by atoms with van der Waals surface area (Å²) < 4.78 is 0. The number of thioether (sulfide) groups is 1. The van der Waals surface area contributed by atoms with Crippen LogP contribution in [0.4, 0.5) is 0 Å². The lowest BCUT2D eigenvalue weighted by molar-refractivity contribution is -0.115. The second kappa shape index (κ2) is 6.82. The third-order valence-corrected chi connectivity index (χ3v) is 6.42. The van der Waals surface area contributed by atoms with Crippen molar-refractivity contribution in [2.24, 2.45) is 11.7 Å². The number of rotatable bonds is 3. The van der Waals surface area contributed by atoms with E-state index in [4.69, 9.17) is 11.1 Å². The molecule has 0 bridgehead atoms. The average Bonchev–Trinajstić information content (AvgIpc) is 3.07. The Morgan fingerprint density at radius 3 is 2.39 bits per heavy atom. The number of aliphatic hydroxyl groups is 1. The molecule has 2 aromatic rings. The standard InChI is InChI=1S/C21H18N4O2S/c22-11-15-16(13-7-3-1-4-8-13)17(19(24)26)20-25(18(15)23)21(27,12-28-20)14-9-5-2-6-10-14/h1-10,15-16,23,27H,12H2,(H2,24,26). The minimum absolute atomic E-state index is 0.0345. The normalized spacial score (nSPS) is 26.7. The number of primary amides is 1. The van der Waals surface area contributed by atoms with E-state index in [9.17, 15) is 15.2 Å². The first-order valence-electron chi connectivity index (χ1n) is 8.77. The van der Waals surface area contributed by atoms with Crippen molar-refractivity contribution < 1.29 is 9.90 Å². The molecule has 2 heterocycles. The zero-order chi connectivity index (χ0) is 19.9. The molecule has 28 heavy (non-hydrogen) atoms. The zero-order valence-electron chi connectivity index (χ0n) is 14.9. The van der Waals surface area contributed by atoms with Gasteiger partial charge in [-0.1, -0.05) is 60.7 Å². The molecular formula is C21H18N4O2S. The predicted octanol–water partition coefficient (Wildman–Crippen LogP) is 2.49. The third kappa shape index (κ3) is 2.61. The van der Waals surface area contributed by atoms with E-state index in [0.29, 0.717) is 10.6 Å². The first-order chi connectivity index (χ1) is 13.5. The van der Waals surface area contributed by atoms with Crippen molar-refractivity contribution >= 4 is 23.5 Å². The molecule has 2 aromatic carbocycles. The number of benzene rings is 2. The first kappa shape index (κ1) is 18.3. The summed E-state index contributed by atoms with van der Waals surface area (Å²) in [5.74, 6) is -2.04. The lowest BCUT2D eigenvalue weighted by atomic mass is 9.77. The number of fused-ring (bicyclic) bond motifs is 1. The van der Waals surface area contributed by atoms with Gasteiger partial charge in [-0.25, -0.2) is 0 Å². The highest BCUT2D eigenvalue weighted by molar-refractivity contribution is 8.03. The van der Waals surface area contributed by atoms with Crippen LogP contribution in [0.1, 0.15) is 17.0 Å². The molecule has 0 spiro atoms. The van der Waals surface area contributed by atoms with Crippen molar-refractivity contribution in [1.29, 1.82) is 10.7 Å². The van der Waals surface area contributed by atoms with Crippen LogP contribution in [0.25, 0.3) is 0 Å². The number of nitrogens with one attached hydrogen (secondary N) is 1. The van der Waals surface area contributed by atoms with Gasteiger partial charge in [-0.05, 0) is 5.56 Å². The molecule has 1 fully saturated rings. The Morgan fingerprint density at radius 1 is 1.21 bits per heavy atom. The molecule has 1 saturated heterocycles. The van der Waals surface area contributed by atoms with Crippen LogP contribution in [0, 0.1) is 22.7 Å². The minimum atomic E-state index is -1.52. The van der Waals surface area contributed by atoms with E-state index in [1.54, 1.807) is 24.3 Å². The maximum Gasteiger partial charge on any atom is 0.247 e. The number of nitrogens with two attached hydrogens (primary N) is 1. The van der Waals surface area contributed by atoms with E-state index >= 15 is 0 Å². The van der Waals surface area contributed by atoms with Gasteiger partial charge in [-0.3, -0.25) is 15.1 Å². The maximum atomic E-state index is 12.5. The number of nitrogens with zero attached hydrogens (tertiary/aromatic N) is 2. The Morgan fingerprint density at radius 2 is 1.82 bits per heavy atom. The average molecular weight is 390 g/mol. The summed E-state index contributed by atoms with van der Waals surface area (Å²) in [7, 11) is 0. The smallest absolute Gasteiger partial charge is 0.247 e. The lowest BCUT2D eigenvalue weighted by Crippen LogP contribution is -2.52. The Balaban J connectivity index is 1.94. The SMILES string of the molecule is N#CC1C(=N)N2C(=C(C(N)=O)C1c1ccccc1)SCC2(O)c1ccccc1. The van der Waals surface area contributed by atoms with Gasteiger partial charge < -0.3 is 10.8 Å². The summed E-state index contributed by atoms with van der Waals surface area (Å²) in [5.41, 5.74) is 5.84. The van der Waals surface area contributed by atoms with E-state index in [0.717, 1.165) is 5.56 Å². The summed E-state index contributed by atoms with van der Waals surface area (Å²) in [4.78, 5) is 13.9. The minimum Gasteiger partial charge on any atom is -0.366 e. The molecular weight excluding hydrogens is 372 g/mol. The van der Waals surface area contributed by atoms with Gasteiger partial charge in [0.1, 0.15) is 11.8 Å². The van der Waals surface area contributed by atoms with E-state index in [1.807, 2.05) is 36.4 Å². The van der Waals surface area contributed by atoms with Gasteiger partial charge in [0.25, 0.3) is 0 Å². The molecule has 3 unspecified atom stereocenters. The van der Waals surface area contributed by atoms with Crippen molar-refractivity contribution in [2.45, 2.75) is 11.6 Å². The van der Waals surface area contributed by atoms with Crippen LogP contribution in [-0.4, -0.2) is 27.5 Å². The second-order valence-corrected chi connectivity index (χ2v) is 7.73. The highest BCUT2D eigenvalue weighted by Crippen LogP contribution is 2.53. The summed E-state index contributed by atoms with van der Waals surface area (Å²) in [6.07, 6.45) is 0. The van der Waals surface area contributed by atoms with Crippen LogP contribution in [0.3, 0.4) is 0 Å². The van der Waals surface area contributed by atoms with Crippen molar-refractivity contribution in [3.8, 4) is 6.07 Å². The van der Waals surface area contributed by atoms with Crippen molar-refractivity contribution in [3.05, 3.63) is 82.4 Å². The van der Waals surface area contributed by atoms with Gasteiger partial charge in [0.15, 0.2) is 5.72 Å². The van der Waals surface area contributed by atoms with Gasteiger partial charge in [-0.15, -0.1) is 11.8 Å². The van der Waals surface area contributed by atoms with E-state index < -0.39 is 23.5 Å². The van der Waals surface area contributed by atoms with Crippen molar-refractivity contribution in [3.63, 3.8) is 0 Å². The molecule has 0 saturated carbocycles. The molecule has 3 atom stereocenters. The monoisotopic (exact) mass is 390 g/mol. The summed E-state index contributed by atoms with van der Waals surface area (Å²) in [6, 6.07) is 20.3. The Hall–Kier alpha value is -3.08. The quantitative estimate of drug-likeness (QED) is 0.745. The molecule has 0 aliphatic carbocycles. The van der Waals surface area contributed by atoms with Crippen LogP contribution in [0.5, 0.6) is 0 Å². The molecule has 0 aromatic heterocycles. The fourth-order valence-electron chi connectivity index (χ4n) is 3.90. The van der Waals surface area contributed by atoms with Gasteiger partial charge in [-0.2, -0.15) is 5.26 Å². The molecule has 140 valence electrons. The summed E-state index contributed by atoms with van der Waals surface area (Å²) in [5, 5.41) is 30.5. The van der Waals surface area contributed by atoms with Crippen LogP contribution < -0.4 is 5.73 Å². The number of carbonyl (C=O) groups is 1. The molecule has 7 heteroatoms. The highest BCUT2D eigenvalue weighted by Gasteiger charge is 2.54. The van der Waals surface area contributed by atoms with Crippen LogP contribution in [0.15, 0.2) is 71.3 Å². The van der Waals surface area contributed by atoms with Gasteiger partial charge in [0.05, 0.1) is 22.4 Å². The van der Waals surface area contributed by atoms with Crippen molar-refractivity contribution in [2.75, 3.05) is 5.75 Å². The summed E-state index contributed by atoms with van der Waals surface area (Å²) in [6.45, 7) is 0. The Bertz CT molecular complexity index is 1020. The molecule has 1 amide bonds. The van der Waals surface area contributed by atoms with E-state index in [2.05, 4.69) is 6.07 Å². The van der Waals surface area contributed by atoms with E-state index in [1.165, 1.54) is 16.7 Å². The van der Waals surface area contributed by atoms with Crippen LogP contribution in [-0.2, 0) is 10.5 Å². The van der Waals surface area contributed by atoms with Gasteiger partial charge >= 0.3 is 0 Å². The zero-order valence-corrected chi connectivity index (χ0v) is 15.7. The van der Waals surface area contributed by atoms with E-state index in [-0.39, 0.29) is 17.2 Å². The summed E-state index contributed by atoms with van der Waals surface area (Å²) >= 11 is 1.28. The van der Waals surface area contributed by atoms with Gasteiger partial charge in [0, 0.05) is 11.5 Å². The molecule has 2 aliphatic heterocycles. The van der Waals surface area contributed by atoms with Crippen molar-refractivity contribution in [1.82, 2.24) is 4.90 Å². The first-order valence-corrected chi connectivity index (χ1v) is 9.75. The lowest BCUT2D eigenvalue weighted by Gasteiger charge is -2.42. The topological polar surface area (TPSA) is 114 Å². The molecule has 2 aliphatic rings. The number of hydrogen-bond acceptors (Lipinski definition) is 5. The molecule has 4 rings (SSSR count). The highest BCUT2D eigenvalue weighted by atomic mass is 32.2. The Labute approximate surface area is 166 Å². The maximum absolute atomic E-state index is 12.5. The van der Waals surface area contributed by atoms with Crippen LogP contribution in [0.2, 0.25) is 0 Å². The van der Waals surface area contributed by atoms with Gasteiger partial charge in [0.2, 0.25) is 5.91 Å². The third-order valence-electron chi connectivity index (χ3n) is 5.19. The number of hydrogen-bond donors (Lipinski definition) is 3.